The summed E-state index contributed by atoms with van der Waals surface area (Å²) < 4.78 is 0. The molecule has 0 unspecified atom stereocenters. The van der Waals surface area contributed by atoms with Crippen molar-refractivity contribution in [1.29, 1.82) is 0 Å². The van der Waals surface area contributed by atoms with E-state index in [0.29, 0.717) is 17.5 Å². The monoisotopic (exact) mass is 301 g/mol. The van der Waals surface area contributed by atoms with Gasteiger partial charge in [0.15, 0.2) is 0 Å². The van der Waals surface area contributed by atoms with Crippen molar-refractivity contribution in [1.82, 2.24) is 15.6 Å². The third kappa shape index (κ3) is 3.69. The lowest BCUT2D eigenvalue weighted by Gasteiger charge is -2.44. The second kappa shape index (κ2) is 7.10. The standard InChI is InChI=1S/C19H31N3/c1-3-17(18-14-15(2)6-11-21-18)22-16-4-7-19(8-5-16)9-12-20-13-10-19/h6,11,14,16-17,20,22H,3-5,7-10,12-13H2,1-2H3/t17-/m1/s1. The van der Waals surface area contributed by atoms with Gasteiger partial charge in [-0.05, 0) is 88.1 Å². The van der Waals surface area contributed by atoms with Crippen LogP contribution in [0.2, 0.25) is 0 Å². The van der Waals surface area contributed by atoms with Crippen LogP contribution in [-0.2, 0) is 0 Å². The molecule has 1 aromatic rings. The molecule has 1 aromatic heterocycles. The van der Waals surface area contributed by atoms with E-state index < -0.39 is 0 Å². The number of rotatable bonds is 4. The number of nitrogens with one attached hydrogen (secondary N) is 2. The fourth-order valence-corrected chi connectivity index (χ4v) is 4.30. The maximum Gasteiger partial charge on any atom is 0.0575 e. The number of hydrogen-bond donors (Lipinski definition) is 2. The summed E-state index contributed by atoms with van der Waals surface area (Å²) in [6, 6.07) is 5.40. The van der Waals surface area contributed by atoms with Gasteiger partial charge >= 0.3 is 0 Å². The molecular formula is C19H31N3. The zero-order valence-electron chi connectivity index (χ0n) is 14.2. The Morgan fingerprint density at radius 2 is 2.00 bits per heavy atom. The van der Waals surface area contributed by atoms with Crippen molar-refractivity contribution >= 4 is 0 Å². The highest BCUT2D eigenvalue weighted by atomic mass is 15.0. The Bertz CT molecular complexity index is 469. The zero-order chi connectivity index (χ0) is 15.4. The fourth-order valence-electron chi connectivity index (χ4n) is 4.30. The Morgan fingerprint density at radius 3 is 2.64 bits per heavy atom. The second-order valence-corrected chi connectivity index (χ2v) is 7.41. The summed E-state index contributed by atoms with van der Waals surface area (Å²) in [5, 5.41) is 7.40. The van der Waals surface area contributed by atoms with E-state index in [0.717, 1.165) is 6.42 Å². The molecule has 3 heteroatoms. The SMILES string of the molecule is CC[C@@H](NC1CCC2(CCNCC2)CC1)c1cc(C)ccn1. The molecule has 2 N–H and O–H groups in total. The van der Waals surface area contributed by atoms with Gasteiger partial charge in [-0.2, -0.15) is 0 Å². The second-order valence-electron chi connectivity index (χ2n) is 7.41. The quantitative estimate of drug-likeness (QED) is 0.889. The minimum absolute atomic E-state index is 0.409. The molecular weight excluding hydrogens is 270 g/mol. The third-order valence-electron chi connectivity index (χ3n) is 5.85. The van der Waals surface area contributed by atoms with Gasteiger partial charge in [-0.25, -0.2) is 0 Å². The first-order chi connectivity index (χ1) is 10.7. The van der Waals surface area contributed by atoms with Crippen molar-refractivity contribution in [2.24, 2.45) is 5.41 Å². The predicted octanol–water partition coefficient (Wildman–Crippen LogP) is 3.74. The van der Waals surface area contributed by atoms with E-state index in [-0.39, 0.29) is 0 Å². The molecule has 0 amide bonds. The van der Waals surface area contributed by atoms with Crippen LogP contribution in [0.5, 0.6) is 0 Å². The Kier molecular flexibility index (Phi) is 5.14. The molecule has 1 saturated carbocycles. The number of aryl methyl sites for hydroxylation is 1. The van der Waals surface area contributed by atoms with Gasteiger partial charge in [-0.3, -0.25) is 4.98 Å². The summed E-state index contributed by atoms with van der Waals surface area (Å²) in [5.41, 5.74) is 3.18. The molecule has 2 fully saturated rings. The average Bonchev–Trinajstić information content (AvgIpc) is 2.55. The summed E-state index contributed by atoms with van der Waals surface area (Å²) >= 11 is 0. The van der Waals surface area contributed by atoms with Crippen LogP contribution >= 0.6 is 0 Å². The van der Waals surface area contributed by atoms with Crippen LogP contribution in [0.3, 0.4) is 0 Å². The maximum absolute atomic E-state index is 4.59. The molecule has 1 aliphatic heterocycles. The lowest BCUT2D eigenvalue weighted by Crippen LogP contribution is -2.43. The predicted molar refractivity (Wildman–Crippen MR) is 91.9 cm³/mol. The van der Waals surface area contributed by atoms with E-state index in [1.54, 1.807) is 0 Å². The van der Waals surface area contributed by atoms with Crippen LogP contribution in [0.15, 0.2) is 18.3 Å². The molecule has 1 saturated heterocycles. The Morgan fingerprint density at radius 1 is 1.27 bits per heavy atom. The van der Waals surface area contributed by atoms with E-state index in [1.807, 2.05) is 6.20 Å². The average molecular weight is 301 g/mol. The van der Waals surface area contributed by atoms with Crippen LogP contribution in [0.1, 0.15) is 69.2 Å². The fraction of sp³-hybridized carbons (Fsp3) is 0.737. The summed E-state index contributed by atoms with van der Waals surface area (Å²) in [6.07, 6.45) is 11.3. The van der Waals surface area contributed by atoms with Gasteiger partial charge in [0.05, 0.1) is 5.69 Å². The summed E-state index contributed by atoms with van der Waals surface area (Å²) in [7, 11) is 0. The number of pyridine rings is 1. The molecule has 1 spiro atoms. The smallest absolute Gasteiger partial charge is 0.0575 e. The minimum Gasteiger partial charge on any atom is -0.317 e. The largest absolute Gasteiger partial charge is 0.317 e. The van der Waals surface area contributed by atoms with Gasteiger partial charge in [0, 0.05) is 18.3 Å². The molecule has 1 aliphatic carbocycles. The molecule has 22 heavy (non-hydrogen) atoms. The van der Waals surface area contributed by atoms with Gasteiger partial charge in [0.25, 0.3) is 0 Å². The van der Waals surface area contributed by atoms with Gasteiger partial charge in [0.2, 0.25) is 0 Å². The number of aromatic nitrogens is 1. The first kappa shape index (κ1) is 15.9. The van der Waals surface area contributed by atoms with Crippen LogP contribution in [0, 0.1) is 12.3 Å². The van der Waals surface area contributed by atoms with E-state index in [2.05, 4.69) is 41.6 Å². The number of hydrogen-bond acceptors (Lipinski definition) is 3. The van der Waals surface area contributed by atoms with Crippen LogP contribution < -0.4 is 10.6 Å². The van der Waals surface area contributed by atoms with Gasteiger partial charge < -0.3 is 10.6 Å². The van der Waals surface area contributed by atoms with E-state index in [9.17, 15) is 0 Å². The van der Waals surface area contributed by atoms with Gasteiger partial charge in [-0.15, -0.1) is 0 Å². The molecule has 0 bridgehead atoms. The van der Waals surface area contributed by atoms with Crippen LogP contribution in [-0.4, -0.2) is 24.1 Å². The normalized spacial score (nSPS) is 23.5. The van der Waals surface area contributed by atoms with E-state index >= 15 is 0 Å². The van der Waals surface area contributed by atoms with Crippen LogP contribution in [0.4, 0.5) is 0 Å². The molecule has 3 nitrogen and oxygen atoms in total. The third-order valence-corrected chi connectivity index (χ3v) is 5.85. The first-order valence-electron chi connectivity index (χ1n) is 9.10. The van der Waals surface area contributed by atoms with Crippen molar-refractivity contribution in [2.75, 3.05) is 13.1 Å². The summed E-state index contributed by atoms with van der Waals surface area (Å²) in [4.78, 5) is 4.59. The zero-order valence-corrected chi connectivity index (χ0v) is 14.2. The highest BCUT2D eigenvalue weighted by Gasteiger charge is 2.36. The Labute approximate surface area is 135 Å². The van der Waals surface area contributed by atoms with Gasteiger partial charge in [-0.1, -0.05) is 6.92 Å². The molecule has 0 radical (unpaired) electrons. The van der Waals surface area contributed by atoms with Crippen LogP contribution in [0.25, 0.3) is 0 Å². The van der Waals surface area contributed by atoms with Gasteiger partial charge in [0.1, 0.15) is 0 Å². The molecule has 2 aliphatic rings. The first-order valence-corrected chi connectivity index (χ1v) is 9.10. The number of nitrogens with zero attached hydrogens (tertiary/aromatic N) is 1. The Balaban J connectivity index is 1.57. The van der Waals surface area contributed by atoms with Crippen molar-refractivity contribution in [3.8, 4) is 0 Å². The maximum atomic E-state index is 4.59. The Hall–Kier alpha value is -0.930. The number of piperidine rings is 1. The molecule has 122 valence electrons. The topological polar surface area (TPSA) is 37.0 Å². The molecule has 3 rings (SSSR count). The van der Waals surface area contributed by atoms with E-state index in [1.165, 1.54) is 62.9 Å². The van der Waals surface area contributed by atoms with Crippen molar-refractivity contribution < 1.29 is 0 Å². The lowest BCUT2D eigenvalue weighted by molar-refractivity contribution is 0.112. The van der Waals surface area contributed by atoms with Crippen molar-refractivity contribution in [2.45, 2.75) is 70.9 Å². The lowest BCUT2D eigenvalue weighted by atomic mass is 9.67. The highest BCUT2D eigenvalue weighted by molar-refractivity contribution is 5.17. The van der Waals surface area contributed by atoms with E-state index in [4.69, 9.17) is 0 Å². The highest BCUT2D eigenvalue weighted by Crippen LogP contribution is 2.43. The summed E-state index contributed by atoms with van der Waals surface area (Å²) in [5.74, 6) is 0. The minimum atomic E-state index is 0.409. The van der Waals surface area contributed by atoms with Crippen molar-refractivity contribution in [3.63, 3.8) is 0 Å². The summed E-state index contributed by atoms with van der Waals surface area (Å²) in [6.45, 7) is 6.87. The molecule has 0 aromatic carbocycles. The molecule has 1 atom stereocenters. The van der Waals surface area contributed by atoms with Crippen molar-refractivity contribution in [3.05, 3.63) is 29.6 Å². The molecule has 2 heterocycles.